The van der Waals surface area contributed by atoms with Gasteiger partial charge in [-0.15, -0.1) is 4.74 Å². The predicted octanol–water partition coefficient (Wildman–Crippen LogP) is 4.14. The SMILES string of the molecule is CC1(C)[C@H](n2oc(=O)n(-c3ccccc3)c2=O)N(c2ccccc2)C(=O)N1C1CCCCC1. The van der Waals surface area contributed by atoms with Gasteiger partial charge in [-0.25, -0.2) is 14.4 Å². The first-order valence-electron chi connectivity index (χ1n) is 11.5. The Morgan fingerprint density at radius 3 is 2.00 bits per heavy atom. The van der Waals surface area contributed by atoms with Crippen molar-refractivity contribution in [1.29, 1.82) is 0 Å². The number of nitrogens with zero attached hydrogens (tertiary/aromatic N) is 4. The number of hydrogen-bond donors (Lipinski definition) is 0. The molecule has 172 valence electrons. The van der Waals surface area contributed by atoms with Gasteiger partial charge in [0.25, 0.3) is 0 Å². The monoisotopic (exact) mass is 448 g/mol. The minimum Gasteiger partial charge on any atom is -0.314 e. The number of carbonyl (C=O) groups is 1. The van der Waals surface area contributed by atoms with Crippen molar-refractivity contribution in [1.82, 2.24) is 14.2 Å². The molecule has 1 saturated carbocycles. The van der Waals surface area contributed by atoms with E-state index < -0.39 is 23.2 Å². The van der Waals surface area contributed by atoms with Crippen molar-refractivity contribution in [3.8, 4) is 5.69 Å². The fraction of sp³-hybridized carbons (Fsp3) is 0.400. The Labute approximate surface area is 191 Å². The van der Waals surface area contributed by atoms with Crippen LogP contribution in [-0.2, 0) is 0 Å². The van der Waals surface area contributed by atoms with E-state index in [0.29, 0.717) is 11.4 Å². The normalized spacial score (nSPS) is 21.0. The molecule has 33 heavy (non-hydrogen) atoms. The molecule has 3 aromatic rings. The Morgan fingerprint density at radius 2 is 1.39 bits per heavy atom. The second-order valence-electron chi connectivity index (χ2n) is 9.31. The van der Waals surface area contributed by atoms with Crippen LogP contribution < -0.4 is 16.3 Å². The molecule has 5 rings (SSSR count). The number of anilines is 1. The van der Waals surface area contributed by atoms with Crippen LogP contribution in [0, 0.1) is 0 Å². The number of urea groups is 1. The lowest BCUT2D eigenvalue weighted by molar-refractivity contribution is 0.0605. The molecule has 8 nitrogen and oxygen atoms in total. The highest BCUT2D eigenvalue weighted by Crippen LogP contribution is 2.45. The highest BCUT2D eigenvalue weighted by molar-refractivity contribution is 5.96. The molecule has 8 heteroatoms. The van der Waals surface area contributed by atoms with Crippen LogP contribution in [0.3, 0.4) is 0 Å². The van der Waals surface area contributed by atoms with Crippen LogP contribution in [0.1, 0.15) is 52.1 Å². The van der Waals surface area contributed by atoms with E-state index in [1.807, 2.05) is 55.1 Å². The Morgan fingerprint density at radius 1 is 0.818 bits per heavy atom. The van der Waals surface area contributed by atoms with Gasteiger partial charge in [0, 0.05) is 11.7 Å². The van der Waals surface area contributed by atoms with Crippen LogP contribution in [0.5, 0.6) is 0 Å². The van der Waals surface area contributed by atoms with Gasteiger partial charge in [0.05, 0.1) is 11.2 Å². The zero-order valence-electron chi connectivity index (χ0n) is 18.9. The maximum absolute atomic E-state index is 13.9. The maximum atomic E-state index is 13.9. The fourth-order valence-electron chi connectivity index (χ4n) is 5.39. The summed E-state index contributed by atoms with van der Waals surface area (Å²) >= 11 is 0. The average molecular weight is 449 g/mol. The van der Waals surface area contributed by atoms with Gasteiger partial charge in [0.2, 0.25) is 0 Å². The van der Waals surface area contributed by atoms with E-state index in [1.165, 1.54) is 6.42 Å². The molecule has 0 radical (unpaired) electrons. The summed E-state index contributed by atoms with van der Waals surface area (Å²) in [6.45, 7) is 3.89. The third-order valence-corrected chi connectivity index (χ3v) is 6.86. The van der Waals surface area contributed by atoms with Gasteiger partial charge in [0.1, 0.15) is 0 Å². The van der Waals surface area contributed by atoms with Gasteiger partial charge in [-0.3, -0.25) is 4.90 Å². The molecule has 2 amide bonds. The van der Waals surface area contributed by atoms with Gasteiger partial charge in [-0.1, -0.05) is 55.7 Å². The summed E-state index contributed by atoms with van der Waals surface area (Å²) in [5.41, 5.74) is -0.325. The highest BCUT2D eigenvalue weighted by atomic mass is 16.5. The third-order valence-electron chi connectivity index (χ3n) is 6.86. The number of aromatic nitrogens is 2. The highest BCUT2D eigenvalue weighted by Gasteiger charge is 2.57. The number of carbonyl (C=O) groups excluding carboxylic acids is 1. The van der Waals surface area contributed by atoms with E-state index in [0.717, 1.165) is 35.0 Å². The van der Waals surface area contributed by atoms with Crippen molar-refractivity contribution < 1.29 is 9.32 Å². The molecule has 2 fully saturated rings. The van der Waals surface area contributed by atoms with Crippen LogP contribution in [0.25, 0.3) is 5.69 Å². The summed E-state index contributed by atoms with van der Waals surface area (Å²) in [6.07, 6.45) is 4.33. The topological polar surface area (TPSA) is 80.7 Å². The first-order chi connectivity index (χ1) is 15.9. The number of para-hydroxylation sites is 2. The molecule has 1 atom stereocenters. The van der Waals surface area contributed by atoms with Crippen molar-refractivity contribution in [2.75, 3.05) is 4.90 Å². The predicted molar refractivity (Wildman–Crippen MR) is 125 cm³/mol. The molecule has 2 aromatic carbocycles. The molecule has 0 unspecified atom stereocenters. The van der Waals surface area contributed by atoms with E-state index in [1.54, 1.807) is 29.2 Å². The van der Waals surface area contributed by atoms with E-state index in [9.17, 15) is 14.4 Å². The molecular formula is C25H28N4O4. The summed E-state index contributed by atoms with van der Waals surface area (Å²) < 4.78 is 7.63. The van der Waals surface area contributed by atoms with Gasteiger partial charge in [0.15, 0.2) is 6.17 Å². The van der Waals surface area contributed by atoms with Gasteiger partial charge < -0.3 is 9.42 Å². The Bertz CT molecular complexity index is 1250. The van der Waals surface area contributed by atoms with E-state index in [2.05, 4.69) is 0 Å². The molecule has 0 N–H and O–H groups in total. The summed E-state index contributed by atoms with van der Waals surface area (Å²) in [4.78, 5) is 43.7. The van der Waals surface area contributed by atoms with Crippen molar-refractivity contribution in [2.45, 2.75) is 63.7 Å². The zero-order valence-corrected chi connectivity index (χ0v) is 18.9. The van der Waals surface area contributed by atoms with Crippen LogP contribution in [0.2, 0.25) is 0 Å². The first kappa shape index (κ1) is 21.3. The second-order valence-corrected chi connectivity index (χ2v) is 9.31. The largest absolute Gasteiger partial charge is 0.447 e. The van der Waals surface area contributed by atoms with E-state index in [4.69, 9.17) is 4.52 Å². The lowest BCUT2D eigenvalue weighted by atomic mass is 9.90. The van der Waals surface area contributed by atoms with Gasteiger partial charge in [-0.2, -0.15) is 4.57 Å². The standard InChI is InChI=1S/C25H28N4O4/c1-25(2)21(29-23(31)27(24(32)33-29)19-14-8-4-9-15-19)26(18-12-6-3-7-13-18)22(30)28(25)20-16-10-5-11-17-20/h3-4,6-9,12-15,20-21H,5,10-11,16-17H2,1-2H3/t21-/m0/s1. The first-order valence-corrected chi connectivity index (χ1v) is 11.5. The minimum atomic E-state index is -0.820. The summed E-state index contributed by atoms with van der Waals surface area (Å²) in [6, 6.07) is 17.8. The third kappa shape index (κ3) is 3.41. The van der Waals surface area contributed by atoms with E-state index >= 15 is 0 Å². The Kier molecular flexibility index (Phi) is 5.23. The average Bonchev–Trinajstić information content (AvgIpc) is 3.23. The van der Waals surface area contributed by atoms with Crippen molar-refractivity contribution in [3.05, 3.63) is 81.7 Å². The molecule has 1 aromatic heterocycles. The smallest absolute Gasteiger partial charge is 0.314 e. The molecule has 1 aliphatic heterocycles. The quantitative estimate of drug-likeness (QED) is 0.601. The number of rotatable bonds is 4. The Hall–Kier alpha value is -3.55. The summed E-state index contributed by atoms with van der Waals surface area (Å²) in [7, 11) is 0. The fourth-order valence-corrected chi connectivity index (χ4v) is 5.39. The number of amides is 2. The molecule has 2 heterocycles. The molecule has 1 aliphatic carbocycles. The second kappa shape index (κ2) is 8.10. The van der Waals surface area contributed by atoms with Crippen molar-refractivity contribution in [3.63, 3.8) is 0 Å². The van der Waals surface area contributed by atoms with Crippen LogP contribution >= 0.6 is 0 Å². The Balaban J connectivity index is 1.68. The maximum Gasteiger partial charge on any atom is 0.447 e. The lowest BCUT2D eigenvalue weighted by Gasteiger charge is -2.40. The van der Waals surface area contributed by atoms with Crippen molar-refractivity contribution >= 4 is 11.7 Å². The van der Waals surface area contributed by atoms with Gasteiger partial charge >= 0.3 is 17.5 Å². The zero-order chi connectivity index (χ0) is 23.2. The van der Waals surface area contributed by atoms with Crippen LogP contribution in [0.15, 0.2) is 74.8 Å². The summed E-state index contributed by atoms with van der Waals surface area (Å²) in [5.74, 6) is -0.779. The molecular weight excluding hydrogens is 420 g/mol. The molecule has 0 bridgehead atoms. The van der Waals surface area contributed by atoms with Crippen LogP contribution in [0.4, 0.5) is 10.5 Å². The number of benzene rings is 2. The molecule has 1 saturated heterocycles. The number of hydrogen-bond acceptors (Lipinski definition) is 4. The van der Waals surface area contributed by atoms with Crippen molar-refractivity contribution in [2.24, 2.45) is 0 Å². The summed E-state index contributed by atoms with van der Waals surface area (Å²) in [5, 5.41) is 0. The minimum absolute atomic E-state index is 0.0797. The van der Waals surface area contributed by atoms with Crippen LogP contribution in [-0.4, -0.2) is 31.8 Å². The molecule has 2 aliphatic rings. The molecule has 0 spiro atoms. The van der Waals surface area contributed by atoms with E-state index in [-0.39, 0.29) is 12.1 Å². The lowest BCUT2D eigenvalue weighted by Crippen LogP contribution is -2.51. The van der Waals surface area contributed by atoms with Gasteiger partial charge in [-0.05, 0) is 51.0 Å².